The van der Waals surface area contributed by atoms with Crippen molar-refractivity contribution in [2.24, 2.45) is 23.2 Å². The van der Waals surface area contributed by atoms with Crippen molar-refractivity contribution in [1.29, 1.82) is 0 Å². The Morgan fingerprint density at radius 1 is 1.19 bits per heavy atom. The number of nitro benzene ring substituents is 1. The Balaban J connectivity index is 1.31. The van der Waals surface area contributed by atoms with E-state index in [0.29, 0.717) is 5.41 Å². The largest absolute Gasteiger partial charge is 0.355 e. The summed E-state index contributed by atoms with van der Waals surface area (Å²) < 4.78 is 0. The number of hydrogen-bond acceptors (Lipinski definition) is 4. The van der Waals surface area contributed by atoms with Gasteiger partial charge in [0.05, 0.1) is 10.2 Å². The van der Waals surface area contributed by atoms with Crippen LogP contribution in [0.5, 0.6) is 0 Å². The average Bonchev–Trinajstić information content (AvgIpc) is 2.59. The number of nitro groups is 1. The number of hydrogen-bond donors (Lipinski definition) is 1. The van der Waals surface area contributed by atoms with Crippen molar-refractivity contribution in [2.45, 2.75) is 55.6 Å². The van der Waals surface area contributed by atoms with Crippen LogP contribution in [0.4, 0.5) is 5.69 Å². The van der Waals surface area contributed by atoms with Crippen LogP contribution >= 0.6 is 11.8 Å². The molecule has 1 aromatic carbocycles. The third kappa shape index (κ3) is 3.61. The minimum Gasteiger partial charge on any atom is -0.355 e. The van der Waals surface area contributed by atoms with E-state index in [0.717, 1.165) is 29.2 Å². The summed E-state index contributed by atoms with van der Waals surface area (Å²) in [7, 11) is 0. The van der Waals surface area contributed by atoms with Gasteiger partial charge in [-0.3, -0.25) is 14.9 Å². The molecule has 0 radical (unpaired) electrons. The average molecular weight is 375 g/mol. The predicted octanol–water partition coefficient (Wildman–Crippen LogP) is 4.41. The van der Waals surface area contributed by atoms with E-state index in [1.165, 1.54) is 62.4 Å². The summed E-state index contributed by atoms with van der Waals surface area (Å²) in [5.74, 6) is 2.75. The molecule has 140 valence electrons. The molecule has 1 N–H and O–H groups in total. The molecule has 4 aliphatic carbocycles. The van der Waals surface area contributed by atoms with Gasteiger partial charge in [-0.05, 0) is 80.8 Å². The second-order valence-electron chi connectivity index (χ2n) is 8.65. The number of benzene rings is 1. The normalized spacial score (nSPS) is 33.0. The summed E-state index contributed by atoms with van der Waals surface area (Å²) in [5, 5.41) is 13.7. The highest BCUT2D eigenvalue weighted by Gasteiger charge is 2.50. The minimum absolute atomic E-state index is 0.0732. The Kier molecular flexibility index (Phi) is 4.71. The molecule has 6 heteroatoms. The maximum atomic E-state index is 12.6. The minimum atomic E-state index is -0.407. The molecule has 4 bridgehead atoms. The Morgan fingerprint density at radius 3 is 2.23 bits per heavy atom. The molecule has 4 fully saturated rings. The SMILES string of the molecule is C[C@H](Sc1ccc([N+](=O)[O-])cc1)C(=O)NCC12CC3CC(CC(C3)C1)C2. The van der Waals surface area contributed by atoms with E-state index in [4.69, 9.17) is 0 Å². The first-order valence-electron chi connectivity index (χ1n) is 9.61. The van der Waals surface area contributed by atoms with Crippen LogP contribution in [0.15, 0.2) is 29.2 Å². The molecule has 0 aliphatic heterocycles. The second kappa shape index (κ2) is 6.87. The Bertz CT molecular complexity index is 668. The Labute approximate surface area is 158 Å². The number of rotatable bonds is 6. The summed E-state index contributed by atoms with van der Waals surface area (Å²) in [6.07, 6.45) is 8.13. The van der Waals surface area contributed by atoms with Crippen LogP contribution in [0, 0.1) is 33.3 Å². The van der Waals surface area contributed by atoms with E-state index in [1.54, 1.807) is 12.1 Å². The zero-order valence-corrected chi connectivity index (χ0v) is 16.0. The molecule has 5 rings (SSSR count). The van der Waals surface area contributed by atoms with Gasteiger partial charge in [-0.2, -0.15) is 0 Å². The molecular formula is C20H26N2O3S. The lowest BCUT2D eigenvalue weighted by Crippen LogP contribution is -2.51. The highest BCUT2D eigenvalue weighted by atomic mass is 32.2. The lowest BCUT2D eigenvalue weighted by molar-refractivity contribution is -0.384. The van der Waals surface area contributed by atoms with Gasteiger partial charge in [-0.1, -0.05) is 0 Å². The van der Waals surface area contributed by atoms with Gasteiger partial charge in [0.15, 0.2) is 0 Å². The van der Waals surface area contributed by atoms with Crippen LogP contribution in [0.3, 0.4) is 0 Å². The fraction of sp³-hybridized carbons (Fsp3) is 0.650. The number of carbonyl (C=O) groups is 1. The summed E-state index contributed by atoms with van der Waals surface area (Å²) in [6, 6.07) is 6.40. The van der Waals surface area contributed by atoms with E-state index in [2.05, 4.69) is 5.32 Å². The monoisotopic (exact) mass is 374 g/mol. The van der Waals surface area contributed by atoms with Gasteiger partial charge in [0.25, 0.3) is 5.69 Å². The summed E-state index contributed by atoms with van der Waals surface area (Å²) in [5.41, 5.74) is 0.426. The standard InChI is InChI=1S/C20H26N2O3S/c1-13(26-18-4-2-17(3-5-18)22(24)25)19(23)21-12-20-9-14-6-15(10-20)8-16(7-14)11-20/h2-5,13-16H,6-12H2,1H3,(H,21,23)/t13-,14?,15?,16?,20?/m0/s1. The van der Waals surface area contributed by atoms with Gasteiger partial charge in [0.2, 0.25) is 5.91 Å². The fourth-order valence-corrected chi connectivity index (χ4v) is 6.72. The zero-order chi connectivity index (χ0) is 18.3. The highest BCUT2D eigenvalue weighted by Crippen LogP contribution is 2.59. The molecule has 26 heavy (non-hydrogen) atoms. The molecule has 4 saturated carbocycles. The van der Waals surface area contributed by atoms with Gasteiger partial charge in [-0.15, -0.1) is 11.8 Å². The number of thioether (sulfide) groups is 1. The van der Waals surface area contributed by atoms with Crippen molar-refractivity contribution < 1.29 is 9.72 Å². The highest BCUT2D eigenvalue weighted by molar-refractivity contribution is 8.00. The fourth-order valence-electron chi connectivity index (χ4n) is 5.83. The van der Waals surface area contributed by atoms with Crippen LogP contribution in [0.25, 0.3) is 0 Å². The number of nitrogens with one attached hydrogen (secondary N) is 1. The maximum Gasteiger partial charge on any atom is 0.269 e. The van der Waals surface area contributed by atoms with Crippen molar-refractivity contribution in [3.8, 4) is 0 Å². The van der Waals surface area contributed by atoms with E-state index >= 15 is 0 Å². The van der Waals surface area contributed by atoms with E-state index < -0.39 is 4.92 Å². The van der Waals surface area contributed by atoms with E-state index in [1.807, 2.05) is 6.92 Å². The van der Waals surface area contributed by atoms with Gasteiger partial charge < -0.3 is 5.32 Å². The molecule has 0 unspecified atom stereocenters. The molecule has 0 aromatic heterocycles. The molecule has 1 atom stereocenters. The molecule has 1 aromatic rings. The van der Waals surface area contributed by atoms with E-state index in [-0.39, 0.29) is 16.8 Å². The topological polar surface area (TPSA) is 72.2 Å². The molecule has 0 heterocycles. The predicted molar refractivity (Wildman–Crippen MR) is 102 cm³/mol. The summed E-state index contributed by atoms with van der Waals surface area (Å²) >= 11 is 1.45. The summed E-state index contributed by atoms with van der Waals surface area (Å²) in [6.45, 7) is 2.72. The molecule has 0 spiro atoms. The molecule has 1 amide bonds. The second-order valence-corrected chi connectivity index (χ2v) is 10.1. The van der Waals surface area contributed by atoms with Crippen molar-refractivity contribution in [2.75, 3.05) is 6.54 Å². The Hall–Kier alpha value is -1.56. The molecular weight excluding hydrogens is 348 g/mol. The molecule has 4 aliphatic rings. The van der Waals surface area contributed by atoms with E-state index in [9.17, 15) is 14.9 Å². The van der Waals surface area contributed by atoms with Crippen LogP contribution in [0.1, 0.15) is 45.4 Å². The number of carbonyl (C=O) groups excluding carboxylic acids is 1. The van der Waals surface area contributed by atoms with Crippen LogP contribution in [-0.4, -0.2) is 22.6 Å². The lowest BCUT2D eigenvalue weighted by atomic mass is 9.49. The van der Waals surface area contributed by atoms with Gasteiger partial charge in [-0.25, -0.2) is 0 Å². The number of amides is 1. The van der Waals surface area contributed by atoms with Crippen LogP contribution in [-0.2, 0) is 4.79 Å². The molecule has 0 saturated heterocycles. The third-order valence-corrected chi connectivity index (χ3v) is 7.64. The summed E-state index contributed by atoms with van der Waals surface area (Å²) in [4.78, 5) is 23.8. The van der Waals surface area contributed by atoms with Gasteiger partial charge >= 0.3 is 0 Å². The van der Waals surface area contributed by atoms with Gasteiger partial charge in [0, 0.05) is 23.6 Å². The first-order valence-corrected chi connectivity index (χ1v) is 10.5. The third-order valence-electron chi connectivity index (χ3n) is 6.53. The first-order chi connectivity index (χ1) is 12.4. The van der Waals surface area contributed by atoms with Crippen molar-refractivity contribution in [3.63, 3.8) is 0 Å². The van der Waals surface area contributed by atoms with Crippen molar-refractivity contribution in [3.05, 3.63) is 34.4 Å². The van der Waals surface area contributed by atoms with Crippen LogP contribution in [0.2, 0.25) is 0 Å². The number of nitrogens with zero attached hydrogens (tertiary/aromatic N) is 1. The van der Waals surface area contributed by atoms with Gasteiger partial charge in [0.1, 0.15) is 0 Å². The maximum absolute atomic E-state index is 12.6. The molecule has 5 nitrogen and oxygen atoms in total. The lowest BCUT2D eigenvalue weighted by Gasteiger charge is -2.57. The quantitative estimate of drug-likeness (QED) is 0.455. The van der Waals surface area contributed by atoms with Crippen molar-refractivity contribution in [1.82, 2.24) is 5.32 Å². The zero-order valence-electron chi connectivity index (χ0n) is 15.1. The first kappa shape index (κ1) is 17.8. The van der Waals surface area contributed by atoms with Crippen LogP contribution < -0.4 is 5.32 Å². The Morgan fingerprint density at radius 2 is 1.73 bits per heavy atom. The smallest absolute Gasteiger partial charge is 0.269 e. The van der Waals surface area contributed by atoms with Crippen molar-refractivity contribution >= 4 is 23.4 Å². The number of non-ortho nitro benzene ring substituents is 1.